The molecule has 0 radical (unpaired) electrons. The average molecular weight is 337 g/mol. The Labute approximate surface area is 137 Å². The van der Waals surface area contributed by atoms with Crippen LogP contribution < -0.4 is 0 Å². The lowest BCUT2D eigenvalue weighted by Gasteiger charge is -2.24. The van der Waals surface area contributed by atoms with E-state index in [1.165, 1.54) is 11.0 Å². The zero-order valence-corrected chi connectivity index (χ0v) is 13.0. The van der Waals surface area contributed by atoms with E-state index >= 15 is 0 Å². The summed E-state index contributed by atoms with van der Waals surface area (Å²) in [5.41, 5.74) is 0.972. The largest absolute Gasteiger partial charge is 0.453 e. The first-order chi connectivity index (χ1) is 11.4. The summed E-state index contributed by atoms with van der Waals surface area (Å²) in [5.74, 6) is -2.10. The predicted octanol–water partition coefficient (Wildman–Crippen LogP) is 2.31. The molecule has 1 saturated heterocycles. The summed E-state index contributed by atoms with van der Waals surface area (Å²) in [5, 5.41) is 19.1. The second kappa shape index (κ2) is 6.33. The van der Waals surface area contributed by atoms with Crippen molar-refractivity contribution in [3.05, 3.63) is 58.5 Å². The number of hydrogen-bond donors (Lipinski definition) is 2. The highest BCUT2D eigenvalue weighted by atomic mass is 19.2. The Kier molecular flexibility index (Phi) is 4.38. The van der Waals surface area contributed by atoms with E-state index in [0.29, 0.717) is 11.1 Å². The number of rotatable bonds is 3. The molecule has 1 aromatic carbocycles. The third-order valence-corrected chi connectivity index (χ3v) is 4.19. The van der Waals surface area contributed by atoms with E-state index in [4.69, 9.17) is 9.52 Å². The Morgan fingerprint density at radius 3 is 2.71 bits per heavy atom. The number of halogens is 2. The Balaban J connectivity index is 1.93. The van der Waals surface area contributed by atoms with Gasteiger partial charge in [-0.3, -0.25) is 4.79 Å². The standard InChI is InChI=1S/C17H17F2NO4/c1-9-4-12(8-21)24-16(9)17(23)20-7-11(22)6-15(20)10-2-3-13(18)14(19)5-10/h2-5,11,15,21-22H,6-8H2,1H3/t11-,15+/m1/s1. The summed E-state index contributed by atoms with van der Waals surface area (Å²) in [6.07, 6.45) is -0.539. The molecule has 2 atom stereocenters. The van der Waals surface area contributed by atoms with Gasteiger partial charge >= 0.3 is 0 Å². The van der Waals surface area contributed by atoms with Crippen molar-refractivity contribution in [2.45, 2.75) is 32.1 Å². The summed E-state index contributed by atoms with van der Waals surface area (Å²) in [6, 6.07) is 4.42. The smallest absolute Gasteiger partial charge is 0.290 e. The van der Waals surface area contributed by atoms with Gasteiger partial charge in [0.1, 0.15) is 12.4 Å². The number of nitrogens with zero attached hydrogens (tertiary/aromatic N) is 1. The fourth-order valence-corrected chi connectivity index (χ4v) is 3.04. The SMILES string of the molecule is Cc1cc(CO)oc1C(=O)N1C[C@H](O)C[C@H]1c1ccc(F)c(F)c1. The van der Waals surface area contributed by atoms with Crippen molar-refractivity contribution in [1.29, 1.82) is 0 Å². The van der Waals surface area contributed by atoms with E-state index < -0.39 is 29.7 Å². The van der Waals surface area contributed by atoms with Crippen molar-refractivity contribution in [2.75, 3.05) is 6.54 Å². The molecular weight excluding hydrogens is 320 g/mol. The van der Waals surface area contributed by atoms with Crippen molar-refractivity contribution >= 4 is 5.91 Å². The highest BCUT2D eigenvalue weighted by molar-refractivity contribution is 5.93. The van der Waals surface area contributed by atoms with Gasteiger partial charge in [0, 0.05) is 12.1 Å². The summed E-state index contributed by atoms with van der Waals surface area (Å²) < 4.78 is 32.0. The van der Waals surface area contributed by atoms with Gasteiger partial charge in [-0.05, 0) is 37.1 Å². The molecule has 1 aliphatic rings. The van der Waals surface area contributed by atoms with Crippen molar-refractivity contribution < 1.29 is 28.2 Å². The van der Waals surface area contributed by atoms with E-state index in [1.807, 2.05) is 0 Å². The fraction of sp³-hybridized carbons (Fsp3) is 0.353. The molecule has 3 rings (SSSR count). The molecule has 0 aliphatic carbocycles. The maximum Gasteiger partial charge on any atom is 0.290 e. The fourth-order valence-electron chi connectivity index (χ4n) is 3.04. The zero-order chi connectivity index (χ0) is 17.4. The van der Waals surface area contributed by atoms with Gasteiger partial charge in [-0.1, -0.05) is 6.07 Å². The van der Waals surface area contributed by atoms with Crippen LogP contribution in [0.15, 0.2) is 28.7 Å². The zero-order valence-electron chi connectivity index (χ0n) is 13.0. The molecule has 24 heavy (non-hydrogen) atoms. The highest BCUT2D eigenvalue weighted by Crippen LogP contribution is 2.34. The molecule has 1 fully saturated rings. The van der Waals surface area contributed by atoms with E-state index in [0.717, 1.165) is 12.1 Å². The van der Waals surface area contributed by atoms with Crippen LogP contribution in [-0.4, -0.2) is 33.7 Å². The van der Waals surface area contributed by atoms with E-state index in [9.17, 15) is 18.7 Å². The van der Waals surface area contributed by atoms with Crippen LogP contribution in [0.1, 0.15) is 39.9 Å². The monoisotopic (exact) mass is 337 g/mol. The number of carbonyl (C=O) groups excluding carboxylic acids is 1. The number of likely N-dealkylation sites (tertiary alicyclic amines) is 1. The summed E-state index contributed by atoms with van der Waals surface area (Å²) in [4.78, 5) is 14.1. The molecule has 1 aromatic heterocycles. The van der Waals surface area contributed by atoms with E-state index in [1.54, 1.807) is 13.0 Å². The average Bonchev–Trinajstić information content (AvgIpc) is 3.12. The molecule has 0 saturated carbocycles. The van der Waals surface area contributed by atoms with Crippen LogP contribution in [0.3, 0.4) is 0 Å². The van der Waals surface area contributed by atoms with E-state index in [-0.39, 0.29) is 31.1 Å². The van der Waals surface area contributed by atoms with Crippen LogP contribution in [0.5, 0.6) is 0 Å². The minimum absolute atomic E-state index is 0.0666. The molecule has 0 bridgehead atoms. The number of amides is 1. The highest BCUT2D eigenvalue weighted by Gasteiger charge is 2.37. The lowest BCUT2D eigenvalue weighted by molar-refractivity contribution is 0.0678. The number of benzene rings is 1. The van der Waals surface area contributed by atoms with Crippen LogP contribution in [0, 0.1) is 18.6 Å². The van der Waals surface area contributed by atoms with Gasteiger partial charge in [-0.15, -0.1) is 0 Å². The molecule has 0 spiro atoms. The van der Waals surface area contributed by atoms with Crippen molar-refractivity contribution in [3.63, 3.8) is 0 Å². The lowest BCUT2D eigenvalue weighted by atomic mass is 10.0. The van der Waals surface area contributed by atoms with Crippen LogP contribution >= 0.6 is 0 Å². The minimum Gasteiger partial charge on any atom is -0.453 e. The number of aliphatic hydroxyl groups is 2. The van der Waals surface area contributed by atoms with Gasteiger partial charge in [0.2, 0.25) is 0 Å². The first-order valence-electron chi connectivity index (χ1n) is 7.55. The molecule has 0 unspecified atom stereocenters. The molecule has 1 amide bonds. The third kappa shape index (κ3) is 2.92. The number of furan rings is 1. The second-order valence-electron chi connectivity index (χ2n) is 5.92. The Morgan fingerprint density at radius 1 is 1.33 bits per heavy atom. The molecule has 1 aliphatic heterocycles. The van der Waals surface area contributed by atoms with Crippen molar-refractivity contribution in [1.82, 2.24) is 4.90 Å². The van der Waals surface area contributed by atoms with Gasteiger partial charge in [0.25, 0.3) is 5.91 Å². The number of β-amino-alcohol motifs (C(OH)–C–C–N with tert-alkyl or cyclic N) is 1. The molecule has 2 aromatic rings. The van der Waals surface area contributed by atoms with Gasteiger partial charge < -0.3 is 19.5 Å². The minimum atomic E-state index is -1.00. The van der Waals surface area contributed by atoms with Gasteiger partial charge in [0.05, 0.1) is 12.1 Å². The van der Waals surface area contributed by atoms with Crippen LogP contribution in [0.2, 0.25) is 0 Å². The maximum absolute atomic E-state index is 13.5. The first kappa shape index (κ1) is 16.6. The quantitative estimate of drug-likeness (QED) is 0.901. The Hall–Kier alpha value is -2.25. The number of carbonyl (C=O) groups is 1. The lowest BCUT2D eigenvalue weighted by Crippen LogP contribution is -2.32. The Bertz CT molecular complexity index is 774. The third-order valence-electron chi connectivity index (χ3n) is 4.19. The second-order valence-corrected chi connectivity index (χ2v) is 5.92. The first-order valence-corrected chi connectivity index (χ1v) is 7.55. The van der Waals surface area contributed by atoms with E-state index in [2.05, 4.69) is 0 Å². The van der Waals surface area contributed by atoms with Gasteiger partial charge in [0.15, 0.2) is 17.4 Å². The van der Waals surface area contributed by atoms with Gasteiger partial charge in [-0.25, -0.2) is 8.78 Å². The topological polar surface area (TPSA) is 73.9 Å². The van der Waals surface area contributed by atoms with Crippen molar-refractivity contribution in [2.24, 2.45) is 0 Å². The molecular formula is C17H17F2NO4. The number of aliphatic hydroxyl groups excluding tert-OH is 2. The molecule has 7 heteroatoms. The molecule has 2 heterocycles. The molecule has 2 N–H and O–H groups in total. The predicted molar refractivity (Wildman–Crippen MR) is 80.1 cm³/mol. The maximum atomic E-state index is 13.5. The normalized spacial score (nSPS) is 20.6. The number of hydrogen-bond acceptors (Lipinski definition) is 4. The summed E-state index contributed by atoms with van der Waals surface area (Å²) in [7, 11) is 0. The molecule has 128 valence electrons. The number of aryl methyl sites for hydroxylation is 1. The van der Waals surface area contributed by atoms with Crippen LogP contribution in [-0.2, 0) is 6.61 Å². The van der Waals surface area contributed by atoms with Crippen molar-refractivity contribution in [3.8, 4) is 0 Å². The summed E-state index contributed by atoms with van der Waals surface area (Å²) >= 11 is 0. The van der Waals surface area contributed by atoms with Crippen LogP contribution in [0.25, 0.3) is 0 Å². The Morgan fingerprint density at radius 2 is 2.08 bits per heavy atom. The molecule has 5 nitrogen and oxygen atoms in total. The van der Waals surface area contributed by atoms with Crippen LogP contribution in [0.4, 0.5) is 8.78 Å². The van der Waals surface area contributed by atoms with Gasteiger partial charge in [-0.2, -0.15) is 0 Å². The summed E-state index contributed by atoms with van der Waals surface area (Å²) in [6.45, 7) is 1.41.